The number of carbonyl (C=O) groups is 1. The fraction of sp³-hybridized carbons (Fsp3) is 0.556. The minimum Gasteiger partial charge on any atom is -0.379 e. The van der Waals surface area contributed by atoms with Crippen LogP contribution < -0.4 is 10.9 Å². The van der Waals surface area contributed by atoms with Crippen LogP contribution in [-0.2, 0) is 9.53 Å². The summed E-state index contributed by atoms with van der Waals surface area (Å²) in [5, 5.41) is 3.38. The van der Waals surface area contributed by atoms with Crippen molar-refractivity contribution < 1.29 is 9.53 Å². The lowest BCUT2D eigenvalue weighted by molar-refractivity contribution is -0.122. The van der Waals surface area contributed by atoms with Crippen LogP contribution in [-0.4, -0.2) is 75.3 Å². The predicted molar refractivity (Wildman–Crippen MR) is 155 cm³/mol. The van der Waals surface area contributed by atoms with Gasteiger partial charge in [0.2, 0.25) is 0 Å². The Kier molecular flexibility index (Phi) is 10.1. The molecule has 2 saturated heterocycles. The molecule has 37 heavy (non-hydrogen) atoms. The monoisotopic (exact) mass is 543 g/mol. The third kappa shape index (κ3) is 6.98. The summed E-state index contributed by atoms with van der Waals surface area (Å²) in [7, 11) is 0. The Morgan fingerprint density at radius 1 is 1.14 bits per heavy atom. The van der Waals surface area contributed by atoms with Gasteiger partial charge >= 0.3 is 0 Å². The number of nitrogens with one attached hydrogen (secondary N) is 1. The van der Waals surface area contributed by atoms with E-state index in [9.17, 15) is 9.59 Å². The Morgan fingerprint density at radius 2 is 1.92 bits per heavy atom. The van der Waals surface area contributed by atoms with Crippen molar-refractivity contribution in [2.75, 3.05) is 51.3 Å². The smallest absolute Gasteiger partial charge is 0.267 e. The maximum Gasteiger partial charge on any atom is 0.267 e. The number of morpholine rings is 1. The van der Waals surface area contributed by atoms with E-state index in [2.05, 4.69) is 17.1 Å². The van der Waals surface area contributed by atoms with E-state index in [4.69, 9.17) is 21.9 Å². The van der Waals surface area contributed by atoms with Crippen molar-refractivity contribution in [2.24, 2.45) is 0 Å². The van der Waals surface area contributed by atoms with Gasteiger partial charge in [-0.05, 0) is 44.0 Å². The molecule has 0 unspecified atom stereocenters. The van der Waals surface area contributed by atoms with Crippen molar-refractivity contribution in [2.45, 2.75) is 52.4 Å². The lowest BCUT2D eigenvalue weighted by Crippen LogP contribution is -2.37. The highest BCUT2D eigenvalue weighted by Crippen LogP contribution is 2.33. The molecule has 200 valence electrons. The summed E-state index contributed by atoms with van der Waals surface area (Å²) >= 11 is 6.78. The maximum absolute atomic E-state index is 13.6. The molecule has 0 aliphatic carbocycles. The fourth-order valence-electron chi connectivity index (χ4n) is 4.61. The molecular weight excluding hydrogens is 506 g/mol. The van der Waals surface area contributed by atoms with E-state index in [0.717, 1.165) is 57.7 Å². The Labute approximate surface area is 228 Å². The first kappa shape index (κ1) is 27.8. The number of unbranched alkanes of at least 4 members (excludes halogenated alkanes) is 4. The molecular formula is C27H37N5O3S2. The topological polar surface area (TPSA) is 79.2 Å². The number of carbonyl (C=O) groups excluding carboxylic acids is 1. The number of rotatable bonds is 12. The van der Waals surface area contributed by atoms with Crippen LogP contribution in [0.25, 0.3) is 11.7 Å². The SMILES string of the molecule is CCCCCCCN1C(=O)C(=Cc2c(NCCCN3CCOCC3)nc3c(C)cccn3c2=O)SC1=S. The molecule has 2 aliphatic rings. The Hall–Kier alpha value is -2.27. The molecule has 4 heterocycles. The standard InChI is InChI=1S/C27H37N5O3S2/c1-3-4-5-6-7-13-32-26(34)22(37-27(32)36)19-21-23(28-11-9-12-30-15-17-35-18-16-30)29-24-20(2)10-8-14-31(24)25(21)33/h8,10,14,19,28H,3-7,9,11-13,15-18H2,1-2H3. The number of nitrogens with zero attached hydrogens (tertiary/aromatic N) is 4. The van der Waals surface area contributed by atoms with Crippen LogP contribution in [0.3, 0.4) is 0 Å². The molecule has 1 amide bonds. The molecule has 4 rings (SSSR count). The van der Waals surface area contributed by atoms with Crippen molar-refractivity contribution >= 4 is 51.7 Å². The summed E-state index contributed by atoms with van der Waals surface area (Å²) in [6.45, 7) is 9.81. The Morgan fingerprint density at radius 3 is 2.70 bits per heavy atom. The van der Waals surface area contributed by atoms with Gasteiger partial charge in [0.25, 0.3) is 11.5 Å². The third-order valence-electron chi connectivity index (χ3n) is 6.77. The van der Waals surface area contributed by atoms with E-state index in [1.807, 2.05) is 19.1 Å². The van der Waals surface area contributed by atoms with Gasteiger partial charge in [0.1, 0.15) is 15.8 Å². The first-order valence-corrected chi connectivity index (χ1v) is 14.5. The zero-order chi connectivity index (χ0) is 26.2. The van der Waals surface area contributed by atoms with Crippen LogP contribution in [0, 0.1) is 6.92 Å². The van der Waals surface area contributed by atoms with Crippen molar-refractivity contribution in [3.63, 3.8) is 0 Å². The number of ether oxygens (including phenoxy) is 1. The van der Waals surface area contributed by atoms with E-state index < -0.39 is 0 Å². The number of thioether (sulfide) groups is 1. The molecule has 2 aromatic heterocycles. The van der Waals surface area contributed by atoms with E-state index in [1.165, 1.54) is 31.0 Å². The van der Waals surface area contributed by atoms with Gasteiger partial charge in [0, 0.05) is 32.4 Å². The van der Waals surface area contributed by atoms with Gasteiger partial charge in [-0.2, -0.15) is 0 Å². The van der Waals surface area contributed by atoms with Crippen LogP contribution >= 0.6 is 24.0 Å². The number of aryl methyl sites for hydroxylation is 1. The Bertz CT molecular complexity index is 1210. The maximum atomic E-state index is 13.6. The predicted octanol–water partition coefficient (Wildman–Crippen LogP) is 4.31. The third-order valence-corrected chi connectivity index (χ3v) is 8.14. The van der Waals surface area contributed by atoms with Crippen LogP contribution in [0.4, 0.5) is 5.82 Å². The van der Waals surface area contributed by atoms with Gasteiger partial charge < -0.3 is 10.1 Å². The summed E-state index contributed by atoms with van der Waals surface area (Å²) in [4.78, 5) is 36.1. The van der Waals surface area contributed by atoms with E-state index in [0.29, 0.717) is 39.3 Å². The fourth-order valence-corrected chi connectivity index (χ4v) is 5.90. The van der Waals surface area contributed by atoms with Gasteiger partial charge in [-0.1, -0.05) is 62.7 Å². The molecule has 2 aromatic rings. The average molecular weight is 544 g/mol. The first-order valence-electron chi connectivity index (χ1n) is 13.3. The van der Waals surface area contributed by atoms with E-state index in [1.54, 1.807) is 21.6 Å². The Balaban J connectivity index is 1.54. The molecule has 2 fully saturated rings. The molecule has 1 N–H and O–H groups in total. The molecule has 0 radical (unpaired) electrons. The molecule has 2 aliphatic heterocycles. The highest BCUT2D eigenvalue weighted by atomic mass is 32.2. The summed E-state index contributed by atoms with van der Waals surface area (Å²) in [6, 6.07) is 3.78. The van der Waals surface area contributed by atoms with Gasteiger partial charge in [-0.15, -0.1) is 0 Å². The van der Waals surface area contributed by atoms with Gasteiger partial charge in [0.15, 0.2) is 0 Å². The van der Waals surface area contributed by atoms with E-state index in [-0.39, 0.29) is 11.5 Å². The molecule has 0 bridgehead atoms. The average Bonchev–Trinajstić information content (AvgIpc) is 3.17. The number of thiocarbonyl (C=S) groups is 1. The number of amides is 1. The molecule has 0 spiro atoms. The number of hydrogen-bond acceptors (Lipinski definition) is 8. The number of pyridine rings is 1. The lowest BCUT2D eigenvalue weighted by Gasteiger charge is -2.26. The normalized spacial score (nSPS) is 17.9. The van der Waals surface area contributed by atoms with Crippen molar-refractivity contribution in [3.8, 4) is 0 Å². The number of hydrogen-bond donors (Lipinski definition) is 1. The molecule has 8 nitrogen and oxygen atoms in total. The number of anilines is 1. The zero-order valence-corrected chi connectivity index (χ0v) is 23.5. The zero-order valence-electron chi connectivity index (χ0n) is 21.8. The van der Waals surface area contributed by atoms with Crippen LogP contribution in [0.15, 0.2) is 28.0 Å². The highest BCUT2D eigenvalue weighted by Gasteiger charge is 2.32. The van der Waals surface area contributed by atoms with Crippen LogP contribution in [0.2, 0.25) is 0 Å². The van der Waals surface area contributed by atoms with Crippen molar-refractivity contribution in [3.05, 3.63) is 44.7 Å². The second-order valence-electron chi connectivity index (χ2n) is 9.55. The summed E-state index contributed by atoms with van der Waals surface area (Å²) in [5.41, 5.74) is 1.71. The van der Waals surface area contributed by atoms with Crippen LogP contribution in [0.5, 0.6) is 0 Å². The van der Waals surface area contributed by atoms with Gasteiger partial charge in [-0.3, -0.25) is 23.8 Å². The molecule has 0 atom stereocenters. The number of aromatic nitrogens is 2. The minimum absolute atomic E-state index is 0.127. The minimum atomic E-state index is -0.200. The number of fused-ring (bicyclic) bond motifs is 1. The molecule has 0 saturated carbocycles. The van der Waals surface area contributed by atoms with Crippen molar-refractivity contribution in [1.29, 1.82) is 0 Å². The largest absolute Gasteiger partial charge is 0.379 e. The highest BCUT2D eigenvalue weighted by molar-refractivity contribution is 8.26. The molecule has 0 aromatic carbocycles. The van der Waals surface area contributed by atoms with Crippen LogP contribution in [0.1, 0.15) is 56.6 Å². The summed E-state index contributed by atoms with van der Waals surface area (Å²) in [6.07, 6.45) is 9.87. The first-order chi connectivity index (χ1) is 18.0. The quantitative estimate of drug-likeness (QED) is 0.241. The second kappa shape index (κ2) is 13.5. The van der Waals surface area contributed by atoms with Gasteiger partial charge in [-0.25, -0.2) is 4.98 Å². The summed E-state index contributed by atoms with van der Waals surface area (Å²) < 4.78 is 7.53. The second-order valence-corrected chi connectivity index (χ2v) is 11.2. The van der Waals surface area contributed by atoms with Gasteiger partial charge in [0.05, 0.1) is 23.7 Å². The summed E-state index contributed by atoms with van der Waals surface area (Å²) in [5.74, 6) is 0.378. The van der Waals surface area contributed by atoms with Crippen molar-refractivity contribution in [1.82, 2.24) is 19.2 Å². The molecule has 10 heteroatoms. The lowest BCUT2D eigenvalue weighted by atomic mass is 10.1. The van der Waals surface area contributed by atoms with E-state index >= 15 is 0 Å².